The maximum absolute atomic E-state index is 11.7. The molecule has 0 aliphatic carbocycles. The summed E-state index contributed by atoms with van der Waals surface area (Å²) in [6, 6.07) is 0. The first-order valence-corrected chi connectivity index (χ1v) is 9.65. The van der Waals surface area contributed by atoms with Crippen molar-refractivity contribution in [3.8, 4) is 0 Å². The number of rotatable bonds is 10. The van der Waals surface area contributed by atoms with Crippen molar-refractivity contribution in [3.63, 3.8) is 0 Å². The van der Waals surface area contributed by atoms with Crippen LogP contribution < -0.4 is 0 Å². The minimum absolute atomic E-state index is 0. The fourth-order valence-electron chi connectivity index (χ4n) is 2.40. The van der Waals surface area contributed by atoms with E-state index in [0.717, 1.165) is 30.1 Å². The zero-order valence-electron chi connectivity index (χ0n) is 14.5. The van der Waals surface area contributed by atoms with E-state index in [1.807, 2.05) is 13.8 Å². The number of carbonyl (C=O) groups is 1. The quantitative estimate of drug-likeness (QED) is 0.536. The molecule has 1 aliphatic heterocycles. The van der Waals surface area contributed by atoms with Gasteiger partial charge < -0.3 is 14.6 Å². The van der Waals surface area contributed by atoms with E-state index >= 15 is 0 Å². The van der Waals surface area contributed by atoms with Crippen LogP contribution in [0.1, 0.15) is 20.3 Å². The molecule has 1 atom stereocenters. The molecule has 1 N–H and O–H groups in total. The molecule has 1 unspecified atom stereocenters. The lowest BCUT2D eigenvalue weighted by atomic mass is 10.2. The molecule has 0 saturated carbocycles. The van der Waals surface area contributed by atoms with E-state index in [1.54, 1.807) is 0 Å². The first kappa shape index (κ1) is 23.5. The molecule has 24 heavy (non-hydrogen) atoms. The fraction of sp³-hybridized carbons (Fsp3) is 0.929. The lowest BCUT2D eigenvalue weighted by Crippen LogP contribution is -2.49. The van der Waals surface area contributed by atoms with Gasteiger partial charge in [-0.15, -0.1) is 12.4 Å². The van der Waals surface area contributed by atoms with E-state index in [0.29, 0.717) is 19.8 Å². The van der Waals surface area contributed by atoms with E-state index in [-0.39, 0.29) is 31.2 Å². The van der Waals surface area contributed by atoms with Gasteiger partial charge in [0.15, 0.2) is 0 Å². The third-order valence-corrected chi connectivity index (χ3v) is 4.70. The summed E-state index contributed by atoms with van der Waals surface area (Å²) in [6.07, 6.45) is 1.81. The molecule has 144 valence electrons. The Balaban J connectivity index is 0.00000529. The van der Waals surface area contributed by atoms with Gasteiger partial charge in [0.1, 0.15) is 6.54 Å². The van der Waals surface area contributed by atoms with E-state index in [1.165, 1.54) is 0 Å². The van der Waals surface area contributed by atoms with E-state index in [2.05, 4.69) is 4.90 Å². The third-order valence-electron chi connectivity index (χ3n) is 3.48. The molecule has 1 aliphatic rings. The van der Waals surface area contributed by atoms with Crippen molar-refractivity contribution in [2.24, 2.45) is 0 Å². The Labute approximate surface area is 150 Å². The van der Waals surface area contributed by atoms with Crippen LogP contribution in [0.4, 0.5) is 0 Å². The minimum atomic E-state index is -3.57. The van der Waals surface area contributed by atoms with Gasteiger partial charge in [-0.3, -0.25) is 9.69 Å². The van der Waals surface area contributed by atoms with Crippen LogP contribution in [0.25, 0.3) is 0 Å². The molecule has 0 amide bonds. The zero-order valence-corrected chi connectivity index (χ0v) is 16.1. The van der Waals surface area contributed by atoms with Crippen LogP contribution in [0, 0.1) is 0 Å². The number of ether oxygens (including phenoxy) is 2. The second kappa shape index (κ2) is 11.2. The van der Waals surface area contributed by atoms with Gasteiger partial charge in [-0.1, -0.05) is 0 Å². The zero-order chi connectivity index (χ0) is 17.5. The predicted molar refractivity (Wildman–Crippen MR) is 93.2 cm³/mol. The number of nitrogens with zero attached hydrogens (tertiary/aromatic N) is 2. The van der Waals surface area contributed by atoms with E-state index in [9.17, 15) is 13.2 Å². The van der Waals surface area contributed by atoms with Crippen LogP contribution in [-0.2, 0) is 24.3 Å². The minimum Gasteiger partial charge on any atom is -0.480 e. The fourth-order valence-corrected chi connectivity index (χ4v) is 3.18. The highest BCUT2D eigenvalue weighted by Crippen LogP contribution is 2.10. The smallest absolute Gasteiger partial charge is 0.318 e. The number of morpholine rings is 1. The van der Waals surface area contributed by atoms with Crippen LogP contribution in [0.3, 0.4) is 0 Å². The van der Waals surface area contributed by atoms with Crippen LogP contribution in [0.5, 0.6) is 0 Å². The van der Waals surface area contributed by atoms with Gasteiger partial charge >= 0.3 is 5.97 Å². The topological polar surface area (TPSA) is 96.4 Å². The maximum atomic E-state index is 11.7. The number of hydrogen-bond donors (Lipinski definition) is 1. The van der Waals surface area contributed by atoms with Crippen molar-refractivity contribution in [2.75, 3.05) is 52.2 Å². The SMILES string of the molecule is CC(C)OCCCN1CCOC(CN(CC(=O)O)S(C)(=O)=O)C1.Cl. The number of sulfonamides is 1. The second-order valence-corrected chi connectivity index (χ2v) is 8.00. The number of carboxylic acids is 1. The number of halogens is 1. The van der Waals surface area contributed by atoms with E-state index in [4.69, 9.17) is 14.6 Å². The molecule has 0 bridgehead atoms. The Morgan fingerprint density at radius 2 is 2.12 bits per heavy atom. The van der Waals surface area contributed by atoms with Crippen molar-refractivity contribution in [1.82, 2.24) is 9.21 Å². The summed E-state index contributed by atoms with van der Waals surface area (Å²) in [6.45, 7) is 6.94. The van der Waals surface area contributed by atoms with Gasteiger partial charge in [-0.05, 0) is 20.3 Å². The van der Waals surface area contributed by atoms with Crippen molar-refractivity contribution >= 4 is 28.4 Å². The third kappa shape index (κ3) is 9.75. The van der Waals surface area contributed by atoms with Crippen LogP contribution in [0.2, 0.25) is 0 Å². The summed E-state index contributed by atoms with van der Waals surface area (Å²) in [5, 5.41) is 8.85. The summed E-state index contributed by atoms with van der Waals surface area (Å²) in [5.74, 6) is -1.17. The Morgan fingerprint density at radius 3 is 2.67 bits per heavy atom. The lowest BCUT2D eigenvalue weighted by Gasteiger charge is -2.34. The van der Waals surface area contributed by atoms with Crippen molar-refractivity contribution in [1.29, 1.82) is 0 Å². The van der Waals surface area contributed by atoms with Gasteiger partial charge in [0, 0.05) is 32.8 Å². The van der Waals surface area contributed by atoms with Gasteiger partial charge in [-0.2, -0.15) is 4.31 Å². The molecule has 1 heterocycles. The first-order chi connectivity index (χ1) is 10.7. The van der Waals surface area contributed by atoms with Gasteiger partial charge in [0.25, 0.3) is 0 Å². The number of aliphatic carboxylic acids is 1. The summed E-state index contributed by atoms with van der Waals surface area (Å²) in [4.78, 5) is 13.0. The molecular weight excluding hydrogens is 360 g/mol. The van der Waals surface area contributed by atoms with Crippen LogP contribution >= 0.6 is 12.4 Å². The number of carboxylic acid groups (broad SMARTS) is 1. The summed E-state index contributed by atoms with van der Waals surface area (Å²) in [5.41, 5.74) is 0. The average molecular weight is 389 g/mol. The highest BCUT2D eigenvalue weighted by Gasteiger charge is 2.27. The standard InChI is InChI=1S/C14H28N2O6S.ClH/c1-12(2)21-7-4-5-15-6-8-22-13(9-15)10-16(11-14(17)18)23(3,19)20;/h12-13H,4-11H2,1-3H3,(H,17,18);1H. The molecule has 0 radical (unpaired) electrons. The molecular formula is C14H29ClN2O6S. The normalized spacial score (nSPS) is 19.5. The molecule has 1 saturated heterocycles. The second-order valence-electron chi connectivity index (χ2n) is 6.02. The van der Waals surface area contributed by atoms with Gasteiger partial charge in [0.2, 0.25) is 10.0 Å². The summed E-state index contributed by atoms with van der Waals surface area (Å²) in [7, 11) is -3.57. The Bertz CT molecular complexity index is 474. The molecule has 0 spiro atoms. The Kier molecular flexibility index (Phi) is 11.0. The molecule has 10 heteroatoms. The van der Waals surface area contributed by atoms with Crippen molar-refractivity contribution < 1.29 is 27.8 Å². The molecule has 8 nitrogen and oxygen atoms in total. The van der Waals surface area contributed by atoms with Gasteiger partial charge in [-0.25, -0.2) is 8.42 Å². The number of hydrogen-bond acceptors (Lipinski definition) is 6. The Morgan fingerprint density at radius 1 is 1.46 bits per heavy atom. The highest BCUT2D eigenvalue weighted by atomic mass is 35.5. The molecule has 0 aromatic heterocycles. The van der Waals surface area contributed by atoms with Crippen LogP contribution in [-0.4, -0.2) is 93.1 Å². The summed E-state index contributed by atoms with van der Waals surface area (Å²) < 4.78 is 35.4. The average Bonchev–Trinajstić information content (AvgIpc) is 2.42. The lowest BCUT2D eigenvalue weighted by molar-refractivity contribution is -0.137. The highest BCUT2D eigenvalue weighted by molar-refractivity contribution is 7.88. The largest absolute Gasteiger partial charge is 0.480 e. The molecule has 0 aromatic carbocycles. The van der Waals surface area contributed by atoms with Crippen molar-refractivity contribution in [3.05, 3.63) is 0 Å². The van der Waals surface area contributed by atoms with Crippen molar-refractivity contribution in [2.45, 2.75) is 32.5 Å². The van der Waals surface area contributed by atoms with Crippen LogP contribution in [0.15, 0.2) is 0 Å². The monoisotopic (exact) mass is 388 g/mol. The first-order valence-electron chi connectivity index (χ1n) is 7.81. The Hall–Kier alpha value is -0.450. The van der Waals surface area contributed by atoms with E-state index < -0.39 is 22.5 Å². The predicted octanol–water partition coefficient (Wildman–Crippen LogP) is 0.270. The molecule has 0 aromatic rings. The molecule has 1 rings (SSSR count). The molecule has 1 fully saturated rings. The summed E-state index contributed by atoms with van der Waals surface area (Å²) >= 11 is 0. The van der Waals surface area contributed by atoms with Gasteiger partial charge in [0.05, 0.1) is 25.1 Å². The maximum Gasteiger partial charge on any atom is 0.318 e.